The summed E-state index contributed by atoms with van der Waals surface area (Å²) in [5.74, 6) is 1.27. The lowest BCUT2D eigenvalue weighted by Crippen LogP contribution is -2.54. The summed E-state index contributed by atoms with van der Waals surface area (Å²) in [6, 6.07) is 13.9. The maximum absolute atomic E-state index is 13.0. The summed E-state index contributed by atoms with van der Waals surface area (Å²) in [7, 11) is 0. The number of morpholine rings is 1. The maximum atomic E-state index is 13.0. The molecule has 1 aliphatic heterocycles. The Balaban J connectivity index is 1.36. The molecule has 1 saturated heterocycles. The van der Waals surface area contributed by atoms with Crippen LogP contribution in [0.2, 0.25) is 0 Å². The average Bonchev–Trinajstić information content (AvgIpc) is 3.75. The SMILES string of the molecule is CC(Nc1ncnc2cc(OCC3CC3)c(NC(=O)C=CCN3CC(=O)OCC3(C)C)cc12)c1ccccc1. The highest BCUT2D eigenvalue weighted by Crippen LogP contribution is 2.36. The highest BCUT2D eigenvalue weighted by atomic mass is 16.5. The maximum Gasteiger partial charge on any atom is 0.320 e. The molecule has 39 heavy (non-hydrogen) atoms. The standard InChI is InChI=1S/C30H35N5O4/c1-20(22-8-5-4-6-9-22)33-29-23-14-25(26(38-17-21-11-12-21)15-24(23)31-19-32-29)34-27(36)10-7-13-35-16-28(37)39-18-30(35,2)3/h4-10,14-15,19-21H,11-13,16-18H2,1-3H3,(H,34,36)(H,31,32,33). The zero-order valence-electron chi connectivity index (χ0n) is 22.6. The fourth-order valence-corrected chi connectivity index (χ4v) is 4.48. The third-order valence-electron chi connectivity index (χ3n) is 7.18. The summed E-state index contributed by atoms with van der Waals surface area (Å²) in [6.07, 6.45) is 7.10. The van der Waals surface area contributed by atoms with Crippen molar-refractivity contribution in [2.24, 2.45) is 5.92 Å². The van der Waals surface area contributed by atoms with Crippen molar-refractivity contribution in [3.63, 3.8) is 0 Å². The number of amides is 1. The van der Waals surface area contributed by atoms with E-state index < -0.39 is 0 Å². The third-order valence-corrected chi connectivity index (χ3v) is 7.18. The number of carbonyl (C=O) groups excluding carboxylic acids is 2. The first-order valence-electron chi connectivity index (χ1n) is 13.4. The molecule has 204 valence electrons. The van der Waals surface area contributed by atoms with Crippen LogP contribution in [0, 0.1) is 5.92 Å². The van der Waals surface area contributed by atoms with Crippen LogP contribution in [0.4, 0.5) is 11.5 Å². The second kappa shape index (κ2) is 11.4. The summed E-state index contributed by atoms with van der Waals surface area (Å²) in [5.41, 5.74) is 2.13. The topological polar surface area (TPSA) is 106 Å². The number of nitrogens with zero attached hydrogens (tertiary/aromatic N) is 3. The summed E-state index contributed by atoms with van der Waals surface area (Å²) < 4.78 is 11.3. The first-order valence-corrected chi connectivity index (χ1v) is 13.4. The minimum Gasteiger partial charge on any atom is -0.491 e. The molecule has 1 atom stereocenters. The van der Waals surface area contributed by atoms with Crippen molar-refractivity contribution in [3.05, 3.63) is 66.5 Å². The van der Waals surface area contributed by atoms with E-state index in [0.29, 0.717) is 42.9 Å². The van der Waals surface area contributed by atoms with Gasteiger partial charge in [0.2, 0.25) is 5.91 Å². The summed E-state index contributed by atoms with van der Waals surface area (Å²) in [5, 5.41) is 7.25. The van der Waals surface area contributed by atoms with Gasteiger partial charge in [-0.3, -0.25) is 14.5 Å². The number of aromatic nitrogens is 2. The van der Waals surface area contributed by atoms with E-state index in [9.17, 15) is 9.59 Å². The first kappa shape index (κ1) is 26.6. The van der Waals surface area contributed by atoms with Gasteiger partial charge in [0.1, 0.15) is 24.5 Å². The molecule has 0 bridgehead atoms. The van der Waals surface area contributed by atoms with Crippen LogP contribution in [0.15, 0.2) is 60.9 Å². The van der Waals surface area contributed by atoms with Crippen LogP contribution in [-0.2, 0) is 14.3 Å². The van der Waals surface area contributed by atoms with E-state index in [4.69, 9.17) is 9.47 Å². The number of fused-ring (bicyclic) bond motifs is 1. The number of anilines is 2. The average molecular weight is 530 g/mol. The molecule has 3 aromatic rings. The lowest BCUT2D eigenvalue weighted by Gasteiger charge is -2.40. The molecule has 2 aliphatic rings. The highest BCUT2D eigenvalue weighted by molar-refractivity contribution is 6.03. The smallest absolute Gasteiger partial charge is 0.320 e. The molecule has 1 aliphatic carbocycles. The van der Waals surface area contributed by atoms with E-state index in [-0.39, 0.29) is 30.0 Å². The minimum atomic E-state index is -0.294. The van der Waals surface area contributed by atoms with Crippen molar-refractivity contribution >= 4 is 34.3 Å². The molecule has 1 unspecified atom stereocenters. The van der Waals surface area contributed by atoms with Crippen molar-refractivity contribution in [3.8, 4) is 5.75 Å². The molecular formula is C30H35N5O4. The molecule has 2 N–H and O–H groups in total. The van der Waals surface area contributed by atoms with Crippen molar-refractivity contribution in [1.82, 2.24) is 14.9 Å². The molecule has 2 aromatic carbocycles. The van der Waals surface area contributed by atoms with E-state index in [0.717, 1.165) is 29.3 Å². The Morgan fingerprint density at radius 2 is 2.03 bits per heavy atom. The van der Waals surface area contributed by atoms with Gasteiger partial charge in [-0.1, -0.05) is 36.4 Å². The Hall–Kier alpha value is -3.98. The molecular weight excluding hydrogens is 494 g/mol. The van der Waals surface area contributed by atoms with Crippen molar-refractivity contribution in [2.75, 3.05) is 36.9 Å². The lowest BCUT2D eigenvalue weighted by molar-refractivity contribution is -0.159. The van der Waals surface area contributed by atoms with Crippen LogP contribution in [0.3, 0.4) is 0 Å². The molecule has 9 heteroatoms. The van der Waals surface area contributed by atoms with Gasteiger partial charge >= 0.3 is 5.97 Å². The van der Waals surface area contributed by atoms with Crippen LogP contribution >= 0.6 is 0 Å². The third kappa shape index (κ3) is 6.72. The Morgan fingerprint density at radius 1 is 1.23 bits per heavy atom. The monoisotopic (exact) mass is 529 g/mol. The Labute approximate surface area is 228 Å². The summed E-state index contributed by atoms with van der Waals surface area (Å²) in [4.78, 5) is 35.6. The number of benzene rings is 2. The molecule has 1 aromatic heterocycles. The van der Waals surface area contributed by atoms with Gasteiger partial charge in [-0.25, -0.2) is 9.97 Å². The van der Waals surface area contributed by atoms with Crippen LogP contribution < -0.4 is 15.4 Å². The molecule has 2 heterocycles. The lowest BCUT2D eigenvalue weighted by atomic mass is 10.0. The quantitative estimate of drug-likeness (QED) is 0.287. The van der Waals surface area contributed by atoms with Crippen LogP contribution in [0.1, 0.15) is 45.2 Å². The largest absolute Gasteiger partial charge is 0.491 e. The Morgan fingerprint density at radius 3 is 2.79 bits per heavy atom. The van der Waals surface area contributed by atoms with Crippen LogP contribution in [-0.4, -0.2) is 58.6 Å². The van der Waals surface area contributed by atoms with Crippen molar-refractivity contribution in [1.29, 1.82) is 0 Å². The molecule has 0 radical (unpaired) electrons. The van der Waals surface area contributed by atoms with Crippen LogP contribution in [0.25, 0.3) is 10.9 Å². The number of carbonyl (C=O) groups is 2. The predicted molar refractivity (Wildman–Crippen MR) is 151 cm³/mol. The van der Waals surface area contributed by atoms with Crippen molar-refractivity contribution < 1.29 is 19.1 Å². The fraction of sp³-hybridized carbons (Fsp3) is 0.400. The molecule has 9 nitrogen and oxygen atoms in total. The molecule has 2 fully saturated rings. The van der Waals surface area contributed by atoms with Gasteiger partial charge < -0.3 is 20.1 Å². The number of cyclic esters (lactones) is 1. The second-order valence-corrected chi connectivity index (χ2v) is 10.9. The first-order chi connectivity index (χ1) is 18.8. The summed E-state index contributed by atoms with van der Waals surface area (Å²) >= 11 is 0. The number of esters is 1. The van der Waals surface area contributed by atoms with Gasteiger partial charge in [0, 0.05) is 30.1 Å². The number of ether oxygens (including phenoxy) is 2. The van der Waals surface area contributed by atoms with Gasteiger partial charge in [0.25, 0.3) is 0 Å². The fourth-order valence-electron chi connectivity index (χ4n) is 4.48. The summed E-state index contributed by atoms with van der Waals surface area (Å²) in [6.45, 7) is 7.68. The van der Waals surface area contributed by atoms with E-state index in [2.05, 4.69) is 39.7 Å². The van der Waals surface area contributed by atoms with Gasteiger partial charge in [-0.2, -0.15) is 0 Å². The highest BCUT2D eigenvalue weighted by Gasteiger charge is 2.34. The molecule has 1 amide bonds. The molecule has 0 spiro atoms. The Bertz CT molecular complexity index is 1370. The molecule has 5 rings (SSSR count). The normalized spacial score (nSPS) is 18.1. The number of nitrogens with one attached hydrogen (secondary N) is 2. The van der Waals surface area contributed by atoms with Gasteiger partial charge in [-0.15, -0.1) is 0 Å². The number of hydrogen-bond acceptors (Lipinski definition) is 8. The molecule has 1 saturated carbocycles. The van der Waals surface area contributed by atoms with Gasteiger partial charge in [0.15, 0.2) is 0 Å². The van der Waals surface area contributed by atoms with Gasteiger partial charge in [0.05, 0.1) is 29.9 Å². The van der Waals surface area contributed by atoms with Crippen molar-refractivity contribution in [2.45, 2.75) is 45.2 Å². The van der Waals surface area contributed by atoms with Crippen LogP contribution in [0.5, 0.6) is 5.75 Å². The second-order valence-electron chi connectivity index (χ2n) is 10.9. The number of hydrogen-bond donors (Lipinski definition) is 2. The zero-order valence-corrected chi connectivity index (χ0v) is 22.6. The number of rotatable bonds is 10. The van der Waals surface area contributed by atoms with Gasteiger partial charge in [-0.05, 0) is 51.2 Å². The van der Waals surface area contributed by atoms with E-state index in [1.165, 1.54) is 12.4 Å². The zero-order chi connectivity index (χ0) is 27.4. The Kier molecular flexibility index (Phi) is 7.79. The van der Waals surface area contributed by atoms with E-state index in [1.807, 2.05) is 49.1 Å². The van der Waals surface area contributed by atoms with E-state index >= 15 is 0 Å². The van der Waals surface area contributed by atoms with E-state index in [1.54, 1.807) is 6.08 Å². The minimum absolute atomic E-state index is 0.0207. The predicted octanol–water partition coefficient (Wildman–Crippen LogP) is 4.72.